The number of hydrogen-bond donors (Lipinski definition) is 6. The predicted molar refractivity (Wildman–Crippen MR) is 217 cm³/mol. The van der Waals surface area contributed by atoms with Gasteiger partial charge in [0.2, 0.25) is 0 Å². The van der Waals surface area contributed by atoms with Crippen LogP contribution in [0.25, 0.3) is 0 Å². The molecule has 1 saturated carbocycles. The standard InChI is InChI=1S/C42H79O13P/c1-3-5-7-9-11-13-15-17-18-19-21-23-25-27-29-31-36(44)54-34(32-52-35(43)30-28-26-24-22-20-16-14-12-10-8-6-4-2)33-53-56(50,51)55-42-40(48)38(46)37(45)39(47)41(42)49/h19,21,34,37-42,45-49H,3-18,20,22-33H2,1-2H3,(H,50,51)/b21-19+/t34-,37?,38+,39?,40?,41?,42?/m1/s1. The van der Waals surface area contributed by atoms with E-state index in [1.807, 2.05) is 0 Å². The van der Waals surface area contributed by atoms with Crippen molar-refractivity contribution < 1.29 is 63.1 Å². The van der Waals surface area contributed by atoms with Gasteiger partial charge in [0, 0.05) is 12.8 Å². The molecule has 0 radical (unpaired) electrons. The van der Waals surface area contributed by atoms with Crippen molar-refractivity contribution in [3.63, 3.8) is 0 Å². The summed E-state index contributed by atoms with van der Waals surface area (Å²) in [5.41, 5.74) is 0. The van der Waals surface area contributed by atoms with Gasteiger partial charge in [-0.1, -0.05) is 148 Å². The van der Waals surface area contributed by atoms with Crippen LogP contribution in [0, 0.1) is 0 Å². The quantitative estimate of drug-likeness (QED) is 0.0154. The summed E-state index contributed by atoms with van der Waals surface area (Å²) >= 11 is 0. The molecule has 6 unspecified atom stereocenters. The molecule has 1 rings (SSSR count). The molecule has 1 fully saturated rings. The van der Waals surface area contributed by atoms with Crippen molar-refractivity contribution in [2.24, 2.45) is 0 Å². The van der Waals surface area contributed by atoms with Crippen molar-refractivity contribution in [3.8, 4) is 0 Å². The Hall–Kier alpha value is -1.41. The first-order valence-corrected chi connectivity index (χ1v) is 23.5. The third-order valence-electron chi connectivity index (χ3n) is 10.4. The maximum atomic E-state index is 12.8. The number of phosphoric acid groups is 1. The number of aliphatic hydroxyl groups excluding tert-OH is 5. The van der Waals surface area contributed by atoms with Crippen LogP contribution in [0.3, 0.4) is 0 Å². The van der Waals surface area contributed by atoms with E-state index in [0.29, 0.717) is 12.8 Å². The lowest BCUT2D eigenvalue weighted by Crippen LogP contribution is -2.64. The van der Waals surface area contributed by atoms with Crippen LogP contribution in [0.1, 0.15) is 187 Å². The molecule has 14 heteroatoms. The highest BCUT2D eigenvalue weighted by molar-refractivity contribution is 7.47. The number of carbonyl (C=O) groups excluding carboxylic acids is 2. The van der Waals surface area contributed by atoms with Crippen molar-refractivity contribution in [1.82, 2.24) is 0 Å². The SMILES string of the molecule is CCCCCCCCCC/C=C/CCCCCC(=O)O[C@H](COC(=O)CCCCCCCCCCCCCC)COP(=O)(O)OC1C(O)C(O)C(O)[C@H](O)C1O. The van der Waals surface area contributed by atoms with Crippen molar-refractivity contribution in [2.75, 3.05) is 13.2 Å². The summed E-state index contributed by atoms with van der Waals surface area (Å²) in [6.45, 7) is 3.27. The van der Waals surface area contributed by atoms with E-state index < -0.39 is 75.7 Å². The molecule has 0 heterocycles. The minimum absolute atomic E-state index is 0.0805. The molecule has 0 bridgehead atoms. The molecule has 0 aromatic rings. The van der Waals surface area contributed by atoms with Gasteiger partial charge in [0.15, 0.2) is 6.10 Å². The Morgan fingerprint density at radius 1 is 0.536 bits per heavy atom. The first kappa shape index (κ1) is 52.6. The molecule has 0 aliphatic heterocycles. The normalized spacial score (nSPS) is 22.9. The molecule has 1 aliphatic carbocycles. The highest BCUT2D eigenvalue weighted by Crippen LogP contribution is 2.47. The Morgan fingerprint density at radius 2 is 0.911 bits per heavy atom. The number of hydrogen-bond acceptors (Lipinski definition) is 12. The molecule has 8 atom stereocenters. The molecule has 1 aliphatic rings. The molecule has 56 heavy (non-hydrogen) atoms. The second-order valence-corrected chi connectivity index (χ2v) is 17.0. The molecule has 0 aromatic carbocycles. The Labute approximate surface area is 337 Å². The van der Waals surface area contributed by atoms with Gasteiger partial charge in [-0.15, -0.1) is 0 Å². The van der Waals surface area contributed by atoms with E-state index in [0.717, 1.165) is 44.9 Å². The van der Waals surface area contributed by atoms with Gasteiger partial charge in [0.05, 0.1) is 6.61 Å². The monoisotopic (exact) mass is 823 g/mol. The van der Waals surface area contributed by atoms with Gasteiger partial charge in [-0.2, -0.15) is 0 Å². The van der Waals surface area contributed by atoms with E-state index in [1.165, 1.54) is 103 Å². The fraction of sp³-hybridized carbons (Fsp3) is 0.905. The second kappa shape index (κ2) is 33.4. The van der Waals surface area contributed by atoms with E-state index >= 15 is 0 Å². The number of rotatable bonds is 36. The summed E-state index contributed by atoms with van der Waals surface area (Å²) in [5, 5.41) is 50.0. The van der Waals surface area contributed by atoms with Crippen LogP contribution >= 0.6 is 7.82 Å². The highest BCUT2D eigenvalue weighted by atomic mass is 31.2. The minimum Gasteiger partial charge on any atom is -0.462 e. The molecular formula is C42H79O13P. The van der Waals surface area contributed by atoms with Gasteiger partial charge in [0.25, 0.3) is 0 Å². The van der Waals surface area contributed by atoms with E-state index in [9.17, 15) is 44.6 Å². The van der Waals surface area contributed by atoms with Crippen LogP contribution in [0.15, 0.2) is 12.2 Å². The van der Waals surface area contributed by atoms with Gasteiger partial charge in [0.1, 0.15) is 43.2 Å². The molecular weight excluding hydrogens is 743 g/mol. The van der Waals surface area contributed by atoms with Gasteiger partial charge in [-0.3, -0.25) is 18.6 Å². The summed E-state index contributed by atoms with van der Waals surface area (Å²) in [7, 11) is -5.11. The predicted octanol–water partition coefficient (Wildman–Crippen LogP) is 7.89. The number of carbonyl (C=O) groups is 2. The van der Waals surface area contributed by atoms with Crippen LogP contribution in [0.5, 0.6) is 0 Å². The average molecular weight is 823 g/mol. The number of esters is 2. The van der Waals surface area contributed by atoms with Crippen LogP contribution in [-0.4, -0.2) is 98.3 Å². The number of ether oxygens (including phenoxy) is 2. The molecule has 13 nitrogen and oxygen atoms in total. The maximum Gasteiger partial charge on any atom is 0.472 e. The minimum atomic E-state index is -5.11. The third-order valence-corrected chi connectivity index (χ3v) is 11.3. The average Bonchev–Trinajstić information content (AvgIpc) is 3.18. The summed E-state index contributed by atoms with van der Waals surface area (Å²) in [4.78, 5) is 35.6. The third kappa shape index (κ3) is 25.8. The Morgan fingerprint density at radius 3 is 1.38 bits per heavy atom. The Balaban J connectivity index is 2.49. The van der Waals surface area contributed by atoms with Crippen molar-refractivity contribution in [1.29, 1.82) is 0 Å². The van der Waals surface area contributed by atoms with E-state index in [-0.39, 0.29) is 12.8 Å². The molecule has 0 saturated heterocycles. The molecule has 6 N–H and O–H groups in total. The van der Waals surface area contributed by atoms with E-state index in [4.69, 9.17) is 18.5 Å². The molecule has 0 spiro atoms. The van der Waals surface area contributed by atoms with Crippen molar-refractivity contribution >= 4 is 19.8 Å². The number of phosphoric ester groups is 1. The van der Waals surface area contributed by atoms with Gasteiger partial charge in [-0.05, 0) is 38.5 Å². The molecule has 330 valence electrons. The number of allylic oxidation sites excluding steroid dienone is 2. The van der Waals surface area contributed by atoms with Crippen LogP contribution < -0.4 is 0 Å². The van der Waals surface area contributed by atoms with E-state index in [2.05, 4.69) is 26.0 Å². The van der Waals surface area contributed by atoms with Gasteiger partial charge >= 0.3 is 19.8 Å². The van der Waals surface area contributed by atoms with E-state index in [1.54, 1.807) is 0 Å². The van der Waals surface area contributed by atoms with Crippen LogP contribution in [-0.2, 0) is 32.7 Å². The number of aliphatic hydroxyl groups is 5. The topological polar surface area (TPSA) is 210 Å². The smallest absolute Gasteiger partial charge is 0.462 e. The zero-order valence-electron chi connectivity index (χ0n) is 34.7. The lowest BCUT2D eigenvalue weighted by Gasteiger charge is -2.41. The summed E-state index contributed by atoms with van der Waals surface area (Å²) in [5.74, 6) is -1.11. The van der Waals surface area contributed by atoms with Crippen molar-refractivity contribution in [2.45, 2.75) is 230 Å². The second-order valence-electron chi connectivity index (χ2n) is 15.6. The Bertz CT molecular complexity index is 1040. The fourth-order valence-electron chi connectivity index (χ4n) is 6.75. The van der Waals surface area contributed by atoms with Crippen LogP contribution in [0.2, 0.25) is 0 Å². The highest BCUT2D eigenvalue weighted by Gasteiger charge is 2.51. The summed E-state index contributed by atoms with van der Waals surface area (Å²) < 4.78 is 33.4. The van der Waals surface area contributed by atoms with Gasteiger partial charge in [-0.25, -0.2) is 4.57 Å². The fourth-order valence-corrected chi connectivity index (χ4v) is 7.73. The van der Waals surface area contributed by atoms with Crippen molar-refractivity contribution in [3.05, 3.63) is 12.2 Å². The molecule has 0 amide bonds. The largest absolute Gasteiger partial charge is 0.472 e. The first-order valence-electron chi connectivity index (χ1n) is 22.0. The van der Waals surface area contributed by atoms with Gasteiger partial charge < -0.3 is 39.9 Å². The first-order chi connectivity index (χ1) is 26.9. The van der Waals surface area contributed by atoms with Crippen LogP contribution in [0.4, 0.5) is 0 Å². The summed E-state index contributed by atoms with van der Waals surface area (Å²) in [6.07, 6.45) is 19.9. The lowest BCUT2D eigenvalue weighted by molar-refractivity contribution is -0.220. The maximum absolute atomic E-state index is 12.8. The summed E-state index contributed by atoms with van der Waals surface area (Å²) in [6, 6.07) is 0. The molecule has 0 aromatic heterocycles. The Kier molecular flexibility index (Phi) is 31.4. The number of unbranched alkanes of at least 4 members (excludes halogenated alkanes) is 22. The lowest BCUT2D eigenvalue weighted by atomic mass is 9.85. The zero-order valence-corrected chi connectivity index (χ0v) is 35.6. The zero-order chi connectivity index (χ0) is 41.4.